The summed E-state index contributed by atoms with van der Waals surface area (Å²) in [7, 11) is 0. The van der Waals surface area contributed by atoms with E-state index in [9.17, 15) is 9.18 Å². The van der Waals surface area contributed by atoms with Gasteiger partial charge in [0.2, 0.25) is 0 Å². The molecule has 2 aromatic carbocycles. The molecule has 7 nitrogen and oxygen atoms in total. The number of furan rings is 1. The van der Waals surface area contributed by atoms with Crippen LogP contribution in [0.4, 0.5) is 4.39 Å². The second kappa shape index (κ2) is 9.38. The summed E-state index contributed by atoms with van der Waals surface area (Å²) in [4.78, 5) is 12.7. The molecule has 2 aromatic heterocycles. The van der Waals surface area contributed by atoms with Gasteiger partial charge >= 0.3 is 0 Å². The van der Waals surface area contributed by atoms with E-state index in [0.29, 0.717) is 60.5 Å². The third-order valence-corrected chi connectivity index (χ3v) is 6.19. The van der Waals surface area contributed by atoms with E-state index in [0.717, 1.165) is 16.6 Å². The Labute approximate surface area is 205 Å². The van der Waals surface area contributed by atoms with Crippen molar-refractivity contribution in [2.24, 2.45) is 0 Å². The number of nitrogens with zero attached hydrogens (tertiary/aromatic N) is 3. The van der Waals surface area contributed by atoms with Crippen molar-refractivity contribution in [2.75, 3.05) is 26.3 Å². The topological polar surface area (TPSA) is 72.5 Å². The number of morpholine rings is 1. The number of halogens is 3. The first-order valence-electron chi connectivity index (χ1n) is 10.7. The van der Waals surface area contributed by atoms with E-state index >= 15 is 0 Å². The molecule has 10 heteroatoms. The lowest BCUT2D eigenvalue weighted by atomic mass is 10.1. The minimum absolute atomic E-state index is 0.255. The molecule has 1 aliphatic rings. The molecule has 3 heterocycles. The van der Waals surface area contributed by atoms with E-state index < -0.39 is 5.82 Å². The summed E-state index contributed by atoms with van der Waals surface area (Å²) in [5.74, 6) is -0.186. The highest BCUT2D eigenvalue weighted by Crippen LogP contribution is 2.36. The maximum absolute atomic E-state index is 13.5. The summed E-state index contributed by atoms with van der Waals surface area (Å²) in [6.07, 6.45) is 0. The Morgan fingerprint density at radius 3 is 2.71 bits per heavy atom. The highest BCUT2D eigenvalue weighted by molar-refractivity contribution is 6.33. The summed E-state index contributed by atoms with van der Waals surface area (Å²) in [6, 6.07) is 11.3. The second-order valence-corrected chi connectivity index (χ2v) is 8.93. The molecule has 176 valence electrons. The third kappa shape index (κ3) is 4.67. The molecule has 0 spiro atoms. The summed E-state index contributed by atoms with van der Waals surface area (Å²) < 4.78 is 26.6. The van der Waals surface area contributed by atoms with Crippen molar-refractivity contribution in [3.8, 4) is 11.3 Å². The largest absolute Gasteiger partial charge is 0.456 e. The van der Waals surface area contributed by atoms with Crippen molar-refractivity contribution in [1.82, 2.24) is 20.2 Å². The second-order valence-electron chi connectivity index (χ2n) is 8.09. The van der Waals surface area contributed by atoms with Gasteiger partial charge in [-0.2, -0.15) is 5.10 Å². The van der Waals surface area contributed by atoms with Gasteiger partial charge in [0.25, 0.3) is 5.91 Å². The number of aryl methyl sites for hydroxylation is 1. The van der Waals surface area contributed by atoms with Gasteiger partial charge in [-0.15, -0.1) is 0 Å². The number of aromatic nitrogens is 2. The molecule has 4 aromatic rings. The number of rotatable bonds is 5. The zero-order valence-electron chi connectivity index (χ0n) is 18.3. The van der Waals surface area contributed by atoms with Crippen LogP contribution in [-0.2, 0) is 11.3 Å². The zero-order valence-corrected chi connectivity index (χ0v) is 19.8. The molecular formula is C24H21Cl2FN4O3. The fourth-order valence-electron chi connectivity index (χ4n) is 3.94. The number of hydrogen-bond donors (Lipinski definition) is 1. The molecule has 0 radical (unpaired) electrons. The van der Waals surface area contributed by atoms with Gasteiger partial charge in [0, 0.05) is 40.3 Å². The molecule has 0 bridgehead atoms. The average molecular weight is 503 g/mol. The molecule has 0 saturated carbocycles. The molecule has 1 fully saturated rings. The average Bonchev–Trinajstić information content (AvgIpc) is 3.38. The van der Waals surface area contributed by atoms with Crippen LogP contribution in [0.3, 0.4) is 0 Å². The van der Waals surface area contributed by atoms with E-state index in [4.69, 9.17) is 32.4 Å². The standard InChI is InChI=1S/C24H21Cl2FN4O3/c1-14-8-21(24(32)29-30-4-6-33-7-5-30)28-31(14)13-16-10-17(25)9-15-11-22(34-23(15)16)19-3-2-18(27)12-20(19)26/h2-3,8-12H,4-7,13H2,1H3,(H,29,32). The first-order chi connectivity index (χ1) is 16.4. The fourth-order valence-corrected chi connectivity index (χ4v) is 4.45. The van der Waals surface area contributed by atoms with E-state index in [2.05, 4.69) is 10.5 Å². The van der Waals surface area contributed by atoms with Crippen molar-refractivity contribution in [3.05, 3.63) is 75.3 Å². The van der Waals surface area contributed by atoms with Gasteiger partial charge in [-0.1, -0.05) is 23.2 Å². The number of hydrogen-bond acceptors (Lipinski definition) is 5. The number of hydrazine groups is 1. The van der Waals surface area contributed by atoms with E-state index in [-0.39, 0.29) is 10.9 Å². The molecule has 0 unspecified atom stereocenters. The maximum Gasteiger partial charge on any atom is 0.286 e. The van der Waals surface area contributed by atoms with Crippen LogP contribution in [0.15, 0.2) is 46.9 Å². The predicted molar refractivity (Wildman–Crippen MR) is 128 cm³/mol. The Hall–Kier alpha value is -2.91. The normalized spacial score (nSPS) is 14.6. The van der Waals surface area contributed by atoms with Crippen molar-refractivity contribution in [3.63, 3.8) is 0 Å². The first kappa shape index (κ1) is 22.9. The zero-order chi connectivity index (χ0) is 23.8. The maximum atomic E-state index is 13.5. The van der Waals surface area contributed by atoms with Gasteiger partial charge in [0.05, 0.1) is 24.8 Å². The molecular weight excluding hydrogens is 482 g/mol. The van der Waals surface area contributed by atoms with Crippen molar-refractivity contribution in [1.29, 1.82) is 0 Å². The van der Waals surface area contributed by atoms with E-state index in [1.54, 1.807) is 28.9 Å². The lowest BCUT2D eigenvalue weighted by molar-refractivity contribution is 0.0124. The van der Waals surface area contributed by atoms with Crippen molar-refractivity contribution >= 4 is 40.1 Å². The molecule has 0 atom stereocenters. The van der Waals surface area contributed by atoms with Gasteiger partial charge in [0.1, 0.15) is 17.2 Å². The lowest BCUT2D eigenvalue weighted by Gasteiger charge is -2.26. The molecule has 1 aliphatic heterocycles. The van der Waals surface area contributed by atoms with Crippen LogP contribution in [0.1, 0.15) is 21.7 Å². The summed E-state index contributed by atoms with van der Waals surface area (Å²) in [6.45, 7) is 4.64. The summed E-state index contributed by atoms with van der Waals surface area (Å²) in [5.41, 5.74) is 5.99. The first-order valence-corrected chi connectivity index (χ1v) is 11.5. The Morgan fingerprint density at radius 1 is 1.15 bits per heavy atom. The molecule has 1 amide bonds. The van der Waals surface area contributed by atoms with Crippen LogP contribution in [0.25, 0.3) is 22.3 Å². The predicted octanol–water partition coefficient (Wildman–Crippen LogP) is 5.08. The lowest BCUT2D eigenvalue weighted by Crippen LogP contribution is -2.48. The van der Waals surface area contributed by atoms with Gasteiger partial charge in [-0.25, -0.2) is 9.40 Å². The summed E-state index contributed by atoms with van der Waals surface area (Å²) in [5, 5.41) is 7.90. The molecule has 34 heavy (non-hydrogen) atoms. The van der Waals surface area contributed by atoms with E-state index in [1.807, 2.05) is 18.0 Å². The van der Waals surface area contributed by atoms with Gasteiger partial charge in [-0.05, 0) is 49.4 Å². The van der Waals surface area contributed by atoms with E-state index in [1.165, 1.54) is 12.1 Å². The van der Waals surface area contributed by atoms with Crippen LogP contribution in [0, 0.1) is 12.7 Å². The number of carbonyl (C=O) groups excluding carboxylic acids is 1. The Morgan fingerprint density at radius 2 is 1.94 bits per heavy atom. The Bertz CT molecular complexity index is 1380. The van der Waals surface area contributed by atoms with Gasteiger partial charge in [0.15, 0.2) is 5.69 Å². The highest BCUT2D eigenvalue weighted by atomic mass is 35.5. The van der Waals surface area contributed by atoms with Crippen LogP contribution in [0.2, 0.25) is 10.0 Å². The Kier molecular flexibility index (Phi) is 6.31. The van der Waals surface area contributed by atoms with Gasteiger partial charge in [-0.3, -0.25) is 14.9 Å². The molecule has 1 saturated heterocycles. The number of nitrogens with one attached hydrogen (secondary N) is 1. The molecule has 5 rings (SSSR count). The van der Waals surface area contributed by atoms with Crippen molar-refractivity contribution < 1.29 is 18.3 Å². The number of amides is 1. The smallest absolute Gasteiger partial charge is 0.286 e. The van der Waals surface area contributed by atoms with Crippen LogP contribution < -0.4 is 5.43 Å². The quantitative estimate of drug-likeness (QED) is 0.412. The minimum Gasteiger partial charge on any atom is -0.456 e. The minimum atomic E-state index is -0.420. The number of fused-ring (bicyclic) bond motifs is 1. The summed E-state index contributed by atoms with van der Waals surface area (Å²) >= 11 is 12.6. The molecule has 1 N–H and O–H groups in total. The highest BCUT2D eigenvalue weighted by Gasteiger charge is 2.19. The number of benzene rings is 2. The molecule has 0 aliphatic carbocycles. The SMILES string of the molecule is Cc1cc(C(=O)NN2CCOCC2)nn1Cc1cc(Cl)cc2cc(-c3ccc(F)cc3Cl)oc12. The third-order valence-electron chi connectivity index (χ3n) is 5.66. The number of carbonyl (C=O) groups is 1. The number of ether oxygens (including phenoxy) is 1. The Balaban J connectivity index is 1.43. The van der Waals surface area contributed by atoms with Crippen LogP contribution in [0.5, 0.6) is 0 Å². The van der Waals surface area contributed by atoms with Crippen molar-refractivity contribution in [2.45, 2.75) is 13.5 Å². The monoisotopic (exact) mass is 502 g/mol. The van der Waals surface area contributed by atoms with Crippen LogP contribution in [-0.4, -0.2) is 47.0 Å². The van der Waals surface area contributed by atoms with Gasteiger partial charge < -0.3 is 9.15 Å². The van der Waals surface area contributed by atoms with Crippen LogP contribution >= 0.6 is 23.2 Å². The fraction of sp³-hybridized carbons (Fsp3) is 0.250.